The highest BCUT2D eigenvalue weighted by Gasteiger charge is 2.27. The molecule has 0 aliphatic heterocycles. The second-order valence-corrected chi connectivity index (χ2v) is 8.41. The molecule has 3 aromatic carbocycles. The quantitative estimate of drug-likeness (QED) is 0.434. The molecule has 0 saturated carbocycles. The minimum atomic E-state index is -0.897. The maximum absolute atomic E-state index is 13.3. The van der Waals surface area contributed by atoms with Crippen LogP contribution in [0.15, 0.2) is 72.8 Å². The van der Waals surface area contributed by atoms with Gasteiger partial charge in [-0.1, -0.05) is 42.5 Å². The van der Waals surface area contributed by atoms with E-state index in [-0.39, 0.29) is 23.3 Å². The lowest BCUT2D eigenvalue weighted by Crippen LogP contribution is -2.41. The first-order valence-corrected chi connectivity index (χ1v) is 10.7. The van der Waals surface area contributed by atoms with E-state index in [4.69, 9.17) is 5.73 Å². The summed E-state index contributed by atoms with van der Waals surface area (Å²) in [6, 6.07) is 19.3. The van der Waals surface area contributed by atoms with Crippen molar-refractivity contribution in [3.8, 4) is 0 Å². The highest BCUT2D eigenvalue weighted by Crippen LogP contribution is 2.25. The molecule has 3 N–H and O–H groups in total. The van der Waals surface area contributed by atoms with Gasteiger partial charge in [0.2, 0.25) is 5.91 Å². The predicted molar refractivity (Wildman–Crippen MR) is 124 cm³/mol. The van der Waals surface area contributed by atoms with Crippen molar-refractivity contribution >= 4 is 39.1 Å². The number of likely N-dealkylation sites (N-methyl/N-ethyl adjacent to an activating group) is 1. The fourth-order valence-electron chi connectivity index (χ4n) is 3.33. The van der Waals surface area contributed by atoms with E-state index < -0.39 is 11.9 Å². The number of benzene rings is 3. The Balaban J connectivity index is 1.57. The number of nitrogens with two attached hydrogens (primary N) is 1. The Kier molecular flexibility index (Phi) is 6.13. The van der Waals surface area contributed by atoms with Gasteiger partial charge in [0.05, 0.1) is 10.2 Å². The zero-order chi connectivity index (χ0) is 22.7. The smallest absolute Gasteiger partial charge is 0.281 e. The molecule has 0 aliphatic carbocycles. The highest BCUT2D eigenvalue weighted by molar-refractivity contribution is 7.20. The molecule has 0 aliphatic rings. The summed E-state index contributed by atoms with van der Waals surface area (Å²) in [5, 5.41) is 3.08. The van der Waals surface area contributed by atoms with Gasteiger partial charge in [-0.2, -0.15) is 0 Å². The molecular formula is C24H21FN4O2S. The van der Waals surface area contributed by atoms with E-state index >= 15 is 0 Å². The molecule has 6 nitrogen and oxygen atoms in total. The average Bonchev–Trinajstić information content (AvgIpc) is 3.22. The number of nitrogens with one attached hydrogen (secondary N) is 1. The molecule has 162 valence electrons. The second kappa shape index (κ2) is 9.15. The zero-order valence-electron chi connectivity index (χ0n) is 17.3. The van der Waals surface area contributed by atoms with Crippen molar-refractivity contribution in [2.75, 3.05) is 12.8 Å². The molecule has 0 saturated heterocycles. The van der Waals surface area contributed by atoms with Crippen LogP contribution in [0.25, 0.3) is 10.2 Å². The van der Waals surface area contributed by atoms with Crippen molar-refractivity contribution in [2.45, 2.75) is 12.6 Å². The van der Waals surface area contributed by atoms with E-state index in [9.17, 15) is 14.0 Å². The molecule has 2 amide bonds. The molecule has 0 radical (unpaired) electrons. The van der Waals surface area contributed by atoms with Crippen LogP contribution in [0.1, 0.15) is 27.0 Å². The normalized spacial score (nSPS) is 11.8. The van der Waals surface area contributed by atoms with E-state index in [0.29, 0.717) is 16.8 Å². The number of hydrogen-bond acceptors (Lipinski definition) is 5. The minimum Gasteiger partial charge on any atom is -0.399 e. The van der Waals surface area contributed by atoms with Crippen LogP contribution in [-0.4, -0.2) is 28.7 Å². The average molecular weight is 449 g/mol. The number of fused-ring (bicyclic) bond motifs is 1. The third kappa shape index (κ3) is 4.76. The number of thiazole rings is 1. The summed E-state index contributed by atoms with van der Waals surface area (Å²) in [6.45, 7) is 0.277. The SMILES string of the molecule is CN(Cc1ccc(F)cc1)C(=O)[C@H](NC(=O)c1nc2ccc(N)cc2s1)c1ccccc1. The van der Waals surface area contributed by atoms with Crippen molar-refractivity contribution in [1.82, 2.24) is 15.2 Å². The predicted octanol–water partition coefficient (Wildman–Crippen LogP) is 4.15. The van der Waals surface area contributed by atoms with Crippen LogP contribution >= 0.6 is 11.3 Å². The lowest BCUT2D eigenvalue weighted by molar-refractivity contribution is -0.132. The summed E-state index contributed by atoms with van der Waals surface area (Å²) in [6.07, 6.45) is 0. The van der Waals surface area contributed by atoms with Crippen molar-refractivity contribution in [2.24, 2.45) is 0 Å². The van der Waals surface area contributed by atoms with Crippen LogP contribution in [-0.2, 0) is 11.3 Å². The molecule has 1 aromatic heterocycles. The Morgan fingerprint density at radius 3 is 2.53 bits per heavy atom. The number of amides is 2. The third-order valence-electron chi connectivity index (χ3n) is 4.97. The van der Waals surface area contributed by atoms with Crippen LogP contribution in [0, 0.1) is 5.82 Å². The van der Waals surface area contributed by atoms with Crippen molar-refractivity contribution in [1.29, 1.82) is 0 Å². The fraction of sp³-hybridized carbons (Fsp3) is 0.125. The Labute approximate surface area is 188 Å². The van der Waals surface area contributed by atoms with Crippen molar-refractivity contribution in [3.05, 3.63) is 94.7 Å². The molecule has 32 heavy (non-hydrogen) atoms. The number of rotatable bonds is 6. The lowest BCUT2D eigenvalue weighted by atomic mass is 10.1. The largest absolute Gasteiger partial charge is 0.399 e. The minimum absolute atomic E-state index is 0.250. The molecule has 1 atom stereocenters. The first kappa shape index (κ1) is 21.5. The first-order valence-electron chi connectivity index (χ1n) is 9.92. The Bertz CT molecular complexity index is 1260. The first-order chi connectivity index (χ1) is 15.4. The van der Waals surface area contributed by atoms with Gasteiger partial charge in [0.1, 0.15) is 11.9 Å². The van der Waals surface area contributed by atoms with Crippen molar-refractivity contribution in [3.63, 3.8) is 0 Å². The fourth-order valence-corrected chi connectivity index (χ4v) is 4.24. The number of carbonyl (C=O) groups excluding carboxylic acids is 2. The molecule has 0 bridgehead atoms. The molecule has 4 rings (SSSR count). The maximum atomic E-state index is 13.3. The molecular weight excluding hydrogens is 427 g/mol. The Morgan fingerprint density at radius 1 is 1.09 bits per heavy atom. The molecule has 1 heterocycles. The van der Waals surface area contributed by atoms with Crippen LogP contribution in [0.4, 0.5) is 10.1 Å². The van der Waals surface area contributed by atoms with Gasteiger partial charge in [0.25, 0.3) is 5.91 Å². The van der Waals surface area contributed by atoms with E-state index in [2.05, 4.69) is 10.3 Å². The monoisotopic (exact) mass is 448 g/mol. The molecule has 4 aromatic rings. The molecule has 8 heteroatoms. The number of hydrogen-bond donors (Lipinski definition) is 2. The standard InChI is InChI=1S/C24H21FN4O2S/c1-29(14-15-7-9-17(25)10-8-15)24(31)21(16-5-3-2-4-6-16)28-22(30)23-27-19-12-11-18(26)13-20(19)32-23/h2-13,21H,14,26H2,1H3,(H,28,30)/t21-/m1/s1. The summed E-state index contributed by atoms with van der Waals surface area (Å²) >= 11 is 1.22. The van der Waals surface area contributed by atoms with E-state index in [1.165, 1.54) is 28.4 Å². The van der Waals surface area contributed by atoms with Gasteiger partial charge >= 0.3 is 0 Å². The van der Waals surface area contributed by atoms with Gasteiger partial charge in [-0.25, -0.2) is 9.37 Å². The van der Waals surface area contributed by atoms with Gasteiger partial charge in [-0.3, -0.25) is 9.59 Å². The van der Waals surface area contributed by atoms with Gasteiger partial charge in [0, 0.05) is 19.3 Å². The number of halogens is 1. The third-order valence-corrected chi connectivity index (χ3v) is 5.99. The van der Waals surface area contributed by atoms with Gasteiger partial charge < -0.3 is 16.0 Å². The number of nitrogen functional groups attached to an aromatic ring is 1. The van der Waals surface area contributed by atoms with Crippen LogP contribution in [0.2, 0.25) is 0 Å². The number of aromatic nitrogens is 1. The Morgan fingerprint density at radius 2 is 1.81 bits per heavy atom. The van der Waals surface area contributed by atoms with E-state index in [1.54, 1.807) is 49.5 Å². The highest BCUT2D eigenvalue weighted by atomic mass is 32.1. The van der Waals surface area contributed by atoms with Crippen molar-refractivity contribution < 1.29 is 14.0 Å². The van der Waals surface area contributed by atoms with E-state index in [0.717, 1.165) is 10.3 Å². The summed E-state index contributed by atoms with van der Waals surface area (Å²) in [5.74, 6) is -1.07. The number of nitrogens with zero attached hydrogens (tertiary/aromatic N) is 2. The van der Waals surface area contributed by atoms with Crippen LogP contribution in [0.3, 0.4) is 0 Å². The van der Waals surface area contributed by atoms with Crippen LogP contribution < -0.4 is 11.1 Å². The molecule has 0 unspecified atom stereocenters. The molecule has 0 fully saturated rings. The number of anilines is 1. The van der Waals surface area contributed by atoms with Gasteiger partial charge in [-0.15, -0.1) is 11.3 Å². The summed E-state index contributed by atoms with van der Waals surface area (Å²) in [7, 11) is 1.65. The lowest BCUT2D eigenvalue weighted by Gasteiger charge is -2.25. The Hall–Kier alpha value is -3.78. The summed E-state index contributed by atoms with van der Waals surface area (Å²) < 4.78 is 14.0. The van der Waals surface area contributed by atoms with Gasteiger partial charge in [-0.05, 0) is 41.5 Å². The number of carbonyl (C=O) groups is 2. The summed E-state index contributed by atoms with van der Waals surface area (Å²) in [4.78, 5) is 32.2. The van der Waals surface area contributed by atoms with E-state index in [1.807, 2.05) is 18.2 Å². The van der Waals surface area contributed by atoms with Gasteiger partial charge in [0.15, 0.2) is 5.01 Å². The topological polar surface area (TPSA) is 88.3 Å². The summed E-state index contributed by atoms with van der Waals surface area (Å²) in [5.41, 5.74) is 8.52. The zero-order valence-corrected chi connectivity index (χ0v) is 18.1. The maximum Gasteiger partial charge on any atom is 0.281 e. The van der Waals surface area contributed by atoms with Crippen LogP contribution in [0.5, 0.6) is 0 Å². The molecule has 0 spiro atoms. The second-order valence-electron chi connectivity index (χ2n) is 7.38.